The number of rotatable bonds is 10. The van der Waals surface area contributed by atoms with Crippen LogP contribution in [0.1, 0.15) is 26.7 Å². The van der Waals surface area contributed by atoms with Crippen molar-refractivity contribution in [2.75, 3.05) is 25.5 Å². The molecule has 0 bridgehead atoms. The van der Waals surface area contributed by atoms with Gasteiger partial charge in [-0.25, -0.2) is 13.1 Å². The second kappa shape index (κ2) is 8.43. The molecule has 0 amide bonds. The lowest BCUT2D eigenvalue weighted by Crippen LogP contribution is -2.33. The summed E-state index contributed by atoms with van der Waals surface area (Å²) in [5.74, 6) is -1.18. The van der Waals surface area contributed by atoms with Crippen LogP contribution in [0.3, 0.4) is 0 Å². The molecule has 0 spiro atoms. The van der Waals surface area contributed by atoms with Gasteiger partial charge in [-0.1, -0.05) is 13.3 Å². The van der Waals surface area contributed by atoms with Gasteiger partial charge in [0.1, 0.15) is 0 Å². The molecule has 7 heteroatoms. The van der Waals surface area contributed by atoms with Crippen molar-refractivity contribution in [2.45, 2.75) is 26.7 Å². The number of hydrogen-bond acceptors (Lipinski definition) is 4. The molecule has 0 saturated heterocycles. The van der Waals surface area contributed by atoms with E-state index in [1.54, 1.807) is 6.92 Å². The first-order chi connectivity index (χ1) is 7.91. The summed E-state index contributed by atoms with van der Waals surface area (Å²) in [6.45, 7) is 4.42. The fraction of sp³-hybridized carbons (Fsp3) is 0.900. The lowest BCUT2D eigenvalue weighted by Gasteiger charge is -2.13. The number of carbonyl (C=O) groups is 1. The number of carboxylic acid groups (broad SMARTS) is 1. The zero-order valence-electron chi connectivity index (χ0n) is 10.3. The molecule has 1 atom stereocenters. The molecule has 0 saturated carbocycles. The molecule has 0 rings (SSSR count). The highest BCUT2D eigenvalue weighted by atomic mass is 32.2. The molecular weight excluding hydrogens is 246 g/mol. The normalized spacial score (nSPS) is 13.5. The Balaban J connectivity index is 4.01. The third-order valence-electron chi connectivity index (χ3n) is 2.33. The van der Waals surface area contributed by atoms with E-state index in [4.69, 9.17) is 9.84 Å². The fourth-order valence-corrected chi connectivity index (χ4v) is 2.21. The Labute approximate surface area is 102 Å². The Bertz CT molecular complexity index is 315. The number of hydrogen-bond donors (Lipinski definition) is 2. The summed E-state index contributed by atoms with van der Waals surface area (Å²) in [4.78, 5) is 10.5. The minimum Gasteiger partial charge on any atom is -0.481 e. The van der Waals surface area contributed by atoms with Crippen molar-refractivity contribution in [1.29, 1.82) is 0 Å². The molecule has 0 aromatic rings. The molecule has 0 radical (unpaired) electrons. The topological polar surface area (TPSA) is 92.7 Å². The van der Waals surface area contributed by atoms with E-state index in [9.17, 15) is 13.2 Å². The van der Waals surface area contributed by atoms with Crippen LogP contribution in [0.5, 0.6) is 0 Å². The maximum Gasteiger partial charge on any atom is 0.303 e. The number of aliphatic carboxylic acids is 1. The molecular formula is C10H21NO5S. The highest BCUT2D eigenvalue weighted by Gasteiger charge is 2.15. The predicted octanol–water partition coefficient (Wildman–Crippen LogP) is 0.443. The summed E-state index contributed by atoms with van der Waals surface area (Å²) in [6.07, 6.45) is 0.602. The quantitative estimate of drug-likeness (QED) is 0.560. The van der Waals surface area contributed by atoms with E-state index in [1.165, 1.54) is 0 Å². The molecule has 0 aromatic carbocycles. The van der Waals surface area contributed by atoms with E-state index >= 15 is 0 Å². The van der Waals surface area contributed by atoms with Crippen LogP contribution in [0.15, 0.2) is 0 Å². The Kier molecular flexibility index (Phi) is 8.11. The van der Waals surface area contributed by atoms with Crippen molar-refractivity contribution in [3.8, 4) is 0 Å². The van der Waals surface area contributed by atoms with Crippen LogP contribution in [-0.2, 0) is 19.6 Å². The first kappa shape index (κ1) is 16.3. The van der Waals surface area contributed by atoms with Gasteiger partial charge in [-0.2, -0.15) is 0 Å². The van der Waals surface area contributed by atoms with E-state index in [0.29, 0.717) is 13.0 Å². The van der Waals surface area contributed by atoms with E-state index in [1.807, 2.05) is 6.92 Å². The van der Waals surface area contributed by atoms with Crippen LogP contribution in [0, 0.1) is 5.92 Å². The Morgan fingerprint density at radius 3 is 2.53 bits per heavy atom. The smallest absolute Gasteiger partial charge is 0.303 e. The minimum atomic E-state index is -3.36. The van der Waals surface area contributed by atoms with Crippen molar-refractivity contribution >= 4 is 16.0 Å². The van der Waals surface area contributed by atoms with Crippen molar-refractivity contribution in [3.63, 3.8) is 0 Å². The Morgan fingerprint density at radius 1 is 1.41 bits per heavy atom. The van der Waals surface area contributed by atoms with Crippen LogP contribution >= 0.6 is 0 Å². The van der Waals surface area contributed by atoms with E-state index in [0.717, 1.165) is 0 Å². The third kappa shape index (κ3) is 9.08. The monoisotopic (exact) mass is 267 g/mol. The minimum absolute atomic E-state index is 0.0233. The number of nitrogens with one attached hydrogen (secondary N) is 1. The van der Waals surface area contributed by atoms with Gasteiger partial charge in [0.2, 0.25) is 10.0 Å². The highest BCUT2D eigenvalue weighted by molar-refractivity contribution is 7.89. The molecule has 0 aliphatic carbocycles. The van der Waals surface area contributed by atoms with Crippen molar-refractivity contribution in [2.24, 2.45) is 5.92 Å². The van der Waals surface area contributed by atoms with Crippen LogP contribution in [0.2, 0.25) is 0 Å². The Morgan fingerprint density at radius 2 is 2.06 bits per heavy atom. The van der Waals surface area contributed by atoms with Gasteiger partial charge in [0.25, 0.3) is 0 Å². The van der Waals surface area contributed by atoms with Crippen molar-refractivity contribution in [3.05, 3.63) is 0 Å². The van der Waals surface area contributed by atoms with Crippen LogP contribution in [0.25, 0.3) is 0 Å². The first-order valence-corrected chi connectivity index (χ1v) is 7.33. The van der Waals surface area contributed by atoms with Crippen molar-refractivity contribution in [1.82, 2.24) is 4.72 Å². The lowest BCUT2D eigenvalue weighted by atomic mass is 10.0. The van der Waals surface area contributed by atoms with Crippen molar-refractivity contribution < 1.29 is 23.1 Å². The van der Waals surface area contributed by atoms with Crippen LogP contribution < -0.4 is 4.72 Å². The summed E-state index contributed by atoms with van der Waals surface area (Å²) >= 11 is 0. The number of sulfonamides is 1. The summed E-state index contributed by atoms with van der Waals surface area (Å²) in [5, 5.41) is 8.62. The summed E-state index contributed by atoms with van der Waals surface area (Å²) in [7, 11) is -3.36. The van der Waals surface area contributed by atoms with Crippen LogP contribution in [-0.4, -0.2) is 45.0 Å². The zero-order valence-corrected chi connectivity index (χ0v) is 11.1. The standard InChI is InChI=1S/C10H21NO5S/c1-3-9(7-10(12)13)8-11-17(14,15)6-5-16-4-2/h9,11H,3-8H2,1-2H3,(H,12,13). The van der Waals surface area contributed by atoms with Crippen LogP contribution in [0.4, 0.5) is 0 Å². The number of carboxylic acids is 1. The highest BCUT2D eigenvalue weighted by Crippen LogP contribution is 2.07. The van der Waals surface area contributed by atoms with Gasteiger partial charge in [0.15, 0.2) is 0 Å². The molecule has 0 fully saturated rings. The number of ether oxygens (including phenoxy) is 1. The van der Waals surface area contributed by atoms with Gasteiger partial charge in [-0.05, 0) is 12.8 Å². The average Bonchev–Trinajstić information content (AvgIpc) is 2.24. The summed E-state index contributed by atoms with van der Waals surface area (Å²) in [5.41, 5.74) is 0. The van der Waals surface area contributed by atoms with Gasteiger partial charge in [0, 0.05) is 19.6 Å². The second-order valence-electron chi connectivity index (χ2n) is 3.74. The van der Waals surface area contributed by atoms with Gasteiger partial charge < -0.3 is 9.84 Å². The third-order valence-corrected chi connectivity index (χ3v) is 3.64. The second-order valence-corrected chi connectivity index (χ2v) is 5.66. The van der Waals surface area contributed by atoms with E-state index in [-0.39, 0.29) is 31.2 Å². The SMILES string of the molecule is CCOCCS(=O)(=O)NCC(CC)CC(=O)O. The molecule has 0 aliphatic heterocycles. The molecule has 0 heterocycles. The van der Waals surface area contributed by atoms with Gasteiger partial charge in [0.05, 0.1) is 12.4 Å². The maximum atomic E-state index is 11.5. The molecule has 2 N–H and O–H groups in total. The molecule has 6 nitrogen and oxygen atoms in total. The predicted molar refractivity (Wildman–Crippen MR) is 64.3 cm³/mol. The maximum absolute atomic E-state index is 11.5. The summed E-state index contributed by atoms with van der Waals surface area (Å²) in [6, 6.07) is 0. The molecule has 102 valence electrons. The molecule has 17 heavy (non-hydrogen) atoms. The van der Waals surface area contributed by atoms with Gasteiger partial charge in [-0.3, -0.25) is 4.79 Å². The average molecular weight is 267 g/mol. The molecule has 1 unspecified atom stereocenters. The van der Waals surface area contributed by atoms with Gasteiger partial charge in [-0.15, -0.1) is 0 Å². The lowest BCUT2D eigenvalue weighted by molar-refractivity contribution is -0.138. The molecule has 0 aromatic heterocycles. The van der Waals surface area contributed by atoms with E-state index in [2.05, 4.69) is 4.72 Å². The first-order valence-electron chi connectivity index (χ1n) is 5.68. The van der Waals surface area contributed by atoms with E-state index < -0.39 is 16.0 Å². The largest absolute Gasteiger partial charge is 0.481 e. The zero-order chi connectivity index (χ0) is 13.3. The Hall–Kier alpha value is -0.660. The fourth-order valence-electron chi connectivity index (χ4n) is 1.24. The molecule has 0 aliphatic rings. The van der Waals surface area contributed by atoms with Gasteiger partial charge >= 0.3 is 5.97 Å². The summed E-state index contributed by atoms with van der Waals surface area (Å²) < 4.78 is 30.3.